The summed E-state index contributed by atoms with van der Waals surface area (Å²) >= 11 is 0. The number of nitrogens with one attached hydrogen (secondary N) is 2. The number of carbonyl (C=O) groups is 2. The van der Waals surface area contributed by atoms with Crippen molar-refractivity contribution in [2.75, 3.05) is 6.54 Å². The van der Waals surface area contributed by atoms with Crippen molar-refractivity contribution < 1.29 is 9.59 Å². The number of hydrogen-bond acceptors (Lipinski definition) is 3. The monoisotopic (exact) mass is 365 g/mol. The lowest BCUT2D eigenvalue weighted by Crippen LogP contribution is -2.37. The molecule has 1 saturated carbocycles. The van der Waals surface area contributed by atoms with Crippen LogP contribution in [0.5, 0.6) is 0 Å². The highest BCUT2D eigenvalue weighted by atomic mass is 16.2. The van der Waals surface area contributed by atoms with E-state index in [0.717, 1.165) is 37.9 Å². The molecule has 0 unspecified atom stereocenters. The van der Waals surface area contributed by atoms with Crippen LogP contribution < -0.4 is 10.6 Å². The van der Waals surface area contributed by atoms with E-state index in [4.69, 9.17) is 0 Å². The Balaban J connectivity index is 1.68. The van der Waals surface area contributed by atoms with Gasteiger partial charge in [0.25, 0.3) is 5.91 Å². The van der Waals surface area contributed by atoms with Gasteiger partial charge >= 0.3 is 0 Å². The zero-order valence-corrected chi connectivity index (χ0v) is 15.7. The van der Waals surface area contributed by atoms with Crippen LogP contribution in [0.4, 0.5) is 0 Å². The van der Waals surface area contributed by atoms with Crippen LogP contribution in [0.25, 0.3) is 0 Å². The molecular weight excluding hydrogens is 338 g/mol. The highest BCUT2D eigenvalue weighted by Crippen LogP contribution is 2.36. The van der Waals surface area contributed by atoms with Gasteiger partial charge in [-0.2, -0.15) is 0 Å². The van der Waals surface area contributed by atoms with Crippen LogP contribution in [0.1, 0.15) is 54.7 Å². The minimum atomic E-state index is -0.0966. The fourth-order valence-electron chi connectivity index (χ4n) is 3.82. The molecule has 1 aliphatic rings. The molecule has 2 amide bonds. The van der Waals surface area contributed by atoms with Gasteiger partial charge in [-0.25, -0.2) is 0 Å². The summed E-state index contributed by atoms with van der Waals surface area (Å²) in [6, 6.07) is 15.1. The number of aromatic nitrogens is 1. The molecule has 27 heavy (non-hydrogen) atoms. The summed E-state index contributed by atoms with van der Waals surface area (Å²) in [7, 11) is 0. The summed E-state index contributed by atoms with van der Waals surface area (Å²) in [5.74, 6) is 0.825. The van der Waals surface area contributed by atoms with Crippen molar-refractivity contribution in [3.8, 4) is 0 Å². The summed E-state index contributed by atoms with van der Waals surface area (Å²) in [5, 5.41) is 6.14. The number of amides is 2. The number of rotatable bonds is 6. The molecule has 5 heteroatoms. The summed E-state index contributed by atoms with van der Waals surface area (Å²) in [6.07, 6.45) is 5.91. The fourth-order valence-corrected chi connectivity index (χ4v) is 3.82. The number of carbonyl (C=O) groups excluding carboxylic acids is 2. The van der Waals surface area contributed by atoms with Gasteiger partial charge in [0.05, 0.1) is 11.7 Å². The van der Waals surface area contributed by atoms with E-state index in [1.165, 1.54) is 0 Å². The van der Waals surface area contributed by atoms with Crippen LogP contribution in [0.2, 0.25) is 0 Å². The van der Waals surface area contributed by atoms with E-state index in [9.17, 15) is 9.59 Å². The Hall–Kier alpha value is -2.69. The molecule has 0 saturated heterocycles. The SMILES string of the molecule is CC(=O)NCC1CCC([C@@H](NC(=O)c2ccccc2)c2ccccn2)CC1. The minimum absolute atomic E-state index is 0.0265. The van der Waals surface area contributed by atoms with Crippen molar-refractivity contribution in [2.24, 2.45) is 11.8 Å². The molecule has 0 bridgehead atoms. The molecule has 1 atom stereocenters. The second-order valence-corrected chi connectivity index (χ2v) is 7.29. The third-order valence-corrected chi connectivity index (χ3v) is 5.33. The maximum absolute atomic E-state index is 12.7. The van der Waals surface area contributed by atoms with Crippen molar-refractivity contribution in [3.63, 3.8) is 0 Å². The summed E-state index contributed by atoms with van der Waals surface area (Å²) < 4.78 is 0. The molecular formula is C22H27N3O2. The average molecular weight is 365 g/mol. The molecule has 3 rings (SSSR count). The van der Waals surface area contributed by atoms with Crippen LogP contribution in [-0.2, 0) is 4.79 Å². The third kappa shape index (κ3) is 5.39. The third-order valence-electron chi connectivity index (χ3n) is 5.33. The highest BCUT2D eigenvalue weighted by molar-refractivity contribution is 5.94. The van der Waals surface area contributed by atoms with Crippen molar-refractivity contribution in [1.29, 1.82) is 0 Å². The molecule has 1 aliphatic carbocycles. The standard InChI is InChI=1S/C22H27N3O2/c1-16(26)24-15-17-10-12-18(13-11-17)21(20-9-5-6-14-23-20)25-22(27)19-7-3-2-4-8-19/h2-9,14,17-18,21H,10-13,15H2,1H3,(H,24,26)(H,25,27)/t17?,18?,21-/m1/s1. The Morgan fingerprint density at radius 3 is 2.37 bits per heavy atom. The van der Waals surface area contributed by atoms with Crippen molar-refractivity contribution in [1.82, 2.24) is 15.6 Å². The van der Waals surface area contributed by atoms with E-state index in [1.807, 2.05) is 48.5 Å². The van der Waals surface area contributed by atoms with E-state index in [1.54, 1.807) is 13.1 Å². The Morgan fingerprint density at radius 2 is 1.74 bits per heavy atom. The first-order valence-electron chi connectivity index (χ1n) is 9.64. The Kier molecular flexibility index (Phi) is 6.58. The van der Waals surface area contributed by atoms with Crippen LogP contribution in [0.15, 0.2) is 54.7 Å². The molecule has 0 aliphatic heterocycles. The number of benzene rings is 1. The normalized spacial score (nSPS) is 20.5. The van der Waals surface area contributed by atoms with Gasteiger partial charge in [0.2, 0.25) is 5.91 Å². The lowest BCUT2D eigenvalue weighted by atomic mass is 9.77. The van der Waals surface area contributed by atoms with Gasteiger partial charge in [0.1, 0.15) is 0 Å². The Morgan fingerprint density at radius 1 is 1.04 bits per heavy atom. The lowest BCUT2D eigenvalue weighted by Gasteiger charge is -2.34. The second kappa shape index (κ2) is 9.31. The quantitative estimate of drug-likeness (QED) is 0.823. The topological polar surface area (TPSA) is 71.1 Å². The van der Waals surface area contributed by atoms with Crippen LogP contribution in [0, 0.1) is 11.8 Å². The first-order valence-corrected chi connectivity index (χ1v) is 9.64. The molecule has 2 N–H and O–H groups in total. The first-order chi connectivity index (χ1) is 13.1. The number of hydrogen-bond donors (Lipinski definition) is 2. The Labute approximate surface area is 160 Å². The highest BCUT2D eigenvalue weighted by Gasteiger charge is 2.30. The van der Waals surface area contributed by atoms with Gasteiger partial charge in [0.15, 0.2) is 0 Å². The van der Waals surface area contributed by atoms with Crippen LogP contribution in [0.3, 0.4) is 0 Å². The molecule has 1 aromatic heterocycles. The van der Waals surface area contributed by atoms with Gasteiger partial charge in [-0.3, -0.25) is 14.6 Å². The molecule has 142 valence electrons. The van der Waals surface area contributed by atoms with Gasteiger partial charge in [0, 0.05) is 25.2 Å². The predicted molar refractivity (Wildman–Crippen MR) is 105 cm³/mol. The van der Waals surface area contributed by atoms with E-state index in [2.05, 4.69) is 15.6 Å². The Bertz CT molecular complexity index is 741. The molecule has 0 spiro atoms. The van der Waals surface area contributed by atoms with Crippen LogP contribution in [-0.4, -0.2) is 23.3 Å². The fraction of sp³-hybridized carbons (Fsp3) is 0.409. The van der Waals surface area contributed by atoms with Crippen molar-refractivity contribution in [2.45, 2.75) is 38.6 Å². The number of pyridine rings is 1. The maximum atomic E-state index is 12.7. The van der Waals surface area contributed by atoms with Gasteiger partial charge < -0.3 is 10.6 Å². The number of nitrogens with zero attached hydrogens (tertiary/aromatic N) is 1. The van der Waals surface area contributed by atoms with Gasteiger partial charge in [-0.05, 0) is 61.8 Å². The summed E-state index contributed by atoms with van der Waals surface area (Å²) in [6.45, 7) is 2.30. The molecule has 0 radical (unpaired) electrons. The summed E-state index contributed by atoms with van der Waals surface area (Å²) in [5.41, 5.74) is 1.57. The van der Waals surface area contributed by atoms with E-state index < -0.39 is 0 Å². The lowest BCUT2D eigenvalue weighted by molar-refractivity contribution is -0.119. The van der Waals surface area contributed by atoms with Crippen molar-refractivity contribution in [3.05, 3.63) is 66.0 Å². The zero-order chi connectivity index (χ0) is 19.1. The van der Waals surface area contributed by atoms with Gasteiger partial charge in [-0.1, -0.05) is 24.3 Å². The molecule has 1 aromatic carbocycles. The van der Waals surface area contributed by atoms with E-state index >= 15 is 0 Å². The van der Waals surface area contributed by atoms with Crippen molar-refractivity contribution >= 4 is 11.8 Å². The smallest absolute Gasteiger partial charge is 0.251 e. The van der Waals surface area contributed by atoms with E-state index in [0.29, 0.717) is 17.4 Å². The maximum Gasteiger partial charge on any atom is 0.251 e. The minimum Gasteiger partial charge on any atom is -0.356 e. The molecule has 2 aromatic rings. The average Bonchev–Trinajstić information content (AvgIpc) is 2.72. The molecule has 5 nitrogen and oxygen atoms in total. The first kappa shape index (κ1) is 19.1. The summed E-state index contributed by atoms with van der Waals surface area (Å²) in [4.78, 5) is 28.4. The van der Waals surface area contributed by atoms with Crippen LogP contribution >= 0.6 is 0 Å². The second-order valence-electron chi connectivity index (χ2n) is 7.29. The molecule has 1 heterocycles. The largest absolute Gasteiger partial charge is 0.356 e. The van der Waals surface area contributed by atoms with Gasteiger partial charge in [-0.15, -0.1) is 0 Å². The predicted octanol–water partition coefficient (Wildman–Crippen LogP) is 3.50. The molecule has 1 fully saturated rings. The van der Waals surface area contributed by atoms with E-state index in [-0.39, 0.29) is 17.9 Å². The zero-order valence-electron chi connectivity index (χ0n) is 15.7.